The van der Waals surface area contributed by atoms with Crippen LogP contribution < -0.4 is 8.92 Å². The zero-order chi connectivity index (χ0) is 18.7. The average Bonchev–Trinajstić information content (AvgIpc) is 3.16. The van der Waals surface area contributed by atoms with Crippen LogP contribution in [0, 0.1) is 10.1 Å². The molecule has 0 amide bonds. The molecule has 0 bridgehead atoms. The zero-order valence-electron chi connectivity index (χ0n) is 13.2. The number of aromatic nitrogens is 4. The molecule has 1 aromatic heterocycles. The number of rotatable bonds is 6. The highest BCUT2D eigenvalue weighted by Crippen LogP contribution is 2.30. The molecule has 0 aliphatic rings. The van der Waals surface area contributed by atoms with Crippen molar-refractivity contribution in [2.75, 3.05) is 7.11 Å². The number of hydrogen-bond acceptors (Lipinski definition) is 9. The second kappa shape index (κ2) is 6.76. The summed E-state index contributed by atoms with van der Waals surface area (Å²) in [6.07, 6.45) is 1.38. The van der Waals surface area contributed by atoms with Crippen molar-refractivity contribution in [2.24, 2.45) is 0 Å². The molecule has 0 saturated carbocycles. The van der Waals surface area contributed by atoms with Gasteiger partial charge >= 0.3 is 10.1 Å². The number of ether oxygens (including phenoxy) is 1. The third-order valence-electron chi connectivity index (χ3n) is 3.28. The van der Waals surface area contributed by atoms with E-state index in [1.165, 1.54) is 36.3 Å². The van der Waals surface area contributed by atoms with Crippen molar-refractivity contribution in [1.82, 2.24) is 20.2 Å². The Bertz CT molecular complexity index is 1030. The lowest BCUT2D eigenvalue weighted by molar-refractivity contribution is -0.385. The summed E-state index contributed by atoms with van der Waals surface area (Å²) in [7, 11) is -3.10. The average molecular weight is 377 g/mol. The van der Waals surface area contributed by atoms with Gasteiger partial charge in [-0.1, -0.05) is 0 Å². The summed E-state index contributed by atoms with van der Waals surface area (Å²) in [6, 6.07) is 9.10. The van der Waals surface area contributed by atoms with Gasteiger partial charge in [0.2, 0.25) is 0 Å². The first kappa shape index (κ1) is 17.3. The molecule has 0 radical (unpaired) electrons. The Kier molecular flexibility index (Phi) is 4.49. The van der Waals surface area contributed by atoms with Gasteiger partial charge in [0.05, 0.1) is 17.7 Å². The zero-order valence-corrected chi connectivity index (χ0v) is 14.0. The predicted molar refractivity (Wildman–Crippen MR) is 86.6 cm³/mol. The Balaban J connectivity index is 1.91. The summed E-state index contributed by atoms with van der Waals surface area (Å²) in [6.45, 7) is 0. The Hall–Kier alpha value is -3.54. The van der Waals surface area contributed by atoms with Crippen LogP contribution >= 0.6 is 0 Å². The van der Waals surface area contributed by atoms with Crippen LogP contribution in [-0.4, -0.2) is 40.7 Å². The van der Waals surface area contributed by atoms with Crippen molar-refractivity contribution >= 4 is 15.8 Å². The molecule has 0 atom stereocenters. The van der Waals surface area contributed by atoms with Crippen LogP contribution in [0.2, 0.25) is 0 Å². The molecule has 12 heteroatoms. The Morgan fingerprint density at radius 2 is 1.88 bits per heavy atom. The van der Waals surface area contributed by atoms with E-state index in [-0.39, 0.29) is 11.5 Å². The molecule has 11 nitrogen and oxygen atoms in total. The van der Waals surface area contributed by atoms with E-state index >= 15 is 0 Å². The quantitative estimate of drug-likeness (QED) is 0.353. The minimum absolute atomic E-state index is 0.00961. The maximum atomic E-state index is 12.5. The van der Waals surface area contributed by atoms with Crippen molar-refractivity contribution < 1.29 is 22.3 Å². The van der Waals surface area contributed by atoms with Crippen molar-refractivity contribution in [1.29, 1.82) is 0 Å². The fourth-order valence-electron chi connectivity index (χ4n) is 2.08. The van der Waals surface area contributed by atoms with Crippen LogP contribution in [0.3, 0.4) is 0 Å². The van der Waals surface area contributed by atoms with Crippen LogP contribution in [0.4, 0.5) is 5.69 Å². The highest BCUT2D eigenvalue weighted by molar-refractivity contribution is 7.87. The van der Waals surface area contributed by atoms with Crippen molar-refractivity contribution in [3.05, 3.63) is 58.9 Å². The lowest BCUT2D eigenvalue weighted by Gasteiger charge is -2.10. The lowest BCUT2D eigenvalue weighted by atomic mass is 10.3. The van der Waals surface area contributed by atoms with Crippen LogP contribution in [0.15, 0.2) is 53.7 Å². The first-order valence-electron chi connectivity index (χ1n) is 7.01. The largest absolute Gasteiger partial charge is 0.495 e. The molecule has 0 unspecified atom stereocenters. The van der Waals surface area contributed by atoms with E-state index < -0.39 is 25.6 Å². The molecule has 0 saturated heterocycles. The molecule has 26 heavy (non-hydrogen) atoms. The fraction of sp³-hybridized carbons (Fsp3) is 0.0714. The molecular formula is C14H11N5O6S. The van der Waals surface area contributed by atoms with Crippen molar-refractivity contribution in [3.63, 3.8) is 0 Å². The minimum Gasteiger partial charge on any atom is -0.495 e. The van der Waals surface area contributed by atoms with Crippen LogP contribution in [-0.2, 0) is 10.1 Å². The van der Waals surface area contributed by atoms with E-state index in [1.807, 2.05) is 0 Å². The SMILES string of the molecule is COc1ccc([N+](=O)[O-])cc1S(=O)(=O)Oc1ccc(-n2cnnn2)cc1. The molecule has 0 aliphatic heterocycles. The molecule has 3 rings (SSSR count). The van der Waals surface area contributed by atoms with E-state index in [2.05, 4.69) is 15.5 Å². The van der Waals surface area contributed by atoms with Gasteiger partial charge in [0.25, 0.3) is 5.69 Å². The number of methoxy groups -OCH3 is 1. The topological polar surface area (TPSA) is 139 Å². The minimum atomic E-state index is -4.36. The highest BCUT2D eigenvalue weighted by Gasteiger charge is 2.25. The van der Waals surface area contributed by atoms with Crippen LogP contribution in [0.5, 0.6) is 11.5 Å². The second-order valence-corrected chi connectivity index (χ2v) is 6.39. The maximum absolute atomic E-state index is 12.5. The van der Waals surface area contributed by atoms with E-state index in [9.17, 15) is 18.5 Å². The molecular weight excluding hydrogens is 366 g/mol. The molecule has 0 fully saturated rings. The monoisotopic (exact) mass is 377 g/mol. The van der Waals surface area contributed by atoms with E-state index in [1.54, 1.807) is 12.1 Å². The lowest BCUT2D eigenvalue weighted by Crippen LogP contribution is -2.11. The normalized spacial score (nSPS) is 11.1. The molecule has 0 spiro atoms. The summed E-state index contributed by atoms with van der Waals surface area (Å²) in [5.74, 6) is -0.0590. The van der Waals surface area contributed by atoms with Gasteiger partial charge < -0.3 is 8.92 Å². The Morgan fingerprint density at radius 1 is 1.15 bits per heavy atom. The molecule has 3 aromatic rings. The van der Waals surface area contributed by atoms with Crippen LogP contribution in [0.1, 0.15) is 0 Å². The molecule has 134 valence electrons. The van der Waals surface area contributed by atoms with Gasteiger partial charge in [0, 0.05) is 12.1 Å². The third kappa shape index (κ3) is 3.44. The number of nitrogens with zero attached hydrogens (tertiary/aromatic N) is 5. The summed E-state index contributed by atoms with van der Waals surface area (Å²) in [4.78, 5) is 9.74. The predicted octanol–water partition coefficient (Wildman–Crippen LogP) is 1.35. The first-order valence-corrected chi connectivity index (χ1v) is 8.42. The highest BCUT2D eigenvalue weighted by atomic mass is 32.2. The molecule has 0 aliphatic carbocycles. The van der Waals surface area contributed by atoms with Gasteiger partial charge in [-0.15, -0.1) is 5.10 Å². The summed E-state index contributed by atoms with van der Waals surface area (Å²) < 4.78 is 36.4. The van der Waals surface area contributed by atoms with Crippen molar-refractivity contribution in [2.45, 2.75) is 4.90 Å². The van der Waals surface area contributed by atoms with Gasteiger partial charge in [-0.3, -0.25) is 10.1 Å². The standard InChI is InChI=1S/C14H11N5O6S/c1-24-13-7-4-11(19(20)21)8-14(13)26(22,23)25-12-5-2-10(3-6-12)18-9-15-16-17-18/h2-9H,1H3. The number of hydrogen-bond donors (Lipinski definition) is 0. The number of non-ortho nitro benzene ring substituents is 1. The van der Waals surface area contributed by atoms with Crippen LogP contribution in [0.25, 0.3) is 5.69 Å². The van der Waals surface area contributed by atoms with E-state index in [0.717, 1.165) is 12.1 Å². The maximum Gasteiger partial charge on any atom is 0.343 e. The second-order valence-electron chi connectivity index (χ2n) is 4.88. The fourth-order valence-corrected chi connectivity index (χ4v) is 3.20. The van der Waals surface area contributed by atoms with E-state index in [4.69, 9.17) is 8.92 Å². The molecule has 1 heterocycles. The summed E-state index contributed by atoms with van der Waals surface area (Å²) in [5, 5.41) is 21.6. The first-order chi connectivity index (χ1) is 12.4. The van der Waals surface area contributed by atoms with Gasteiger partial charge in [0.1, 0.15) is 17.8 Å². The van der Waals surface area contributed by atoms with Gasteiger partial charge in [-0.05, 0) is 40.8 Å². The Morgan fingerprint density at radius 3 is 2.46 bits per heavy atom. The Labute approximate surface area is 147 Å². The van der Waals surface area contributed by atoms with Gasteiger partial charge in [-0.25, -0.2) is 4.68 Å². The summed E-state index contributed by atoms with van der Waals surface area (Å²) >= 11 is 0. The number of nitro groups is 1. The number of nitro benzene ring substituents is 1. The van der Waals surface area contributed by atoms with Crippen molar-refractivity contribution in [3.8, 4) is 17.2 Å². The molecule has 0 N–H and O–H groups in total. The third-order valence-corrected chi connectivity index (χ3v) is 4.55. The smallest absolute Gasteiger partial charge is 0.343 e. The van der Waals surface area contributed by atoms with E-state index in [0.29, 0.717) is 5.69 Å². The van der Waals surface area contributed by atoms with Gasteiger partial charge in [-0.2, -0.15) is 8.42 Å². The number of benzene rings is 2. The summed E-state index contributed by atoms with van der Waals surface area (Å²) in [5.41, 5.74) is 0.190. The molecule has 2 aromatic carbocycles. The number of tetrazole rings is 1. The van der Waals surface area contributed by atoms with Gasteiger partial charge in [0.15, 0.2) is 4.90 Å².